The molecule has 0 aromatic heterocycles. The van der Waals surface area contributed by atoms with E-state index in [2.05, 4.69) is 10.5 Å². The van der Waals surface area contributed by atoms with Crippen molar-refractivity contribution in [2.75, 3.05) is 5.32 Å². The first-order chi connectivity index (χ1) is 10.5. The maximum Gasteiger partial charge on any atom is 0.244 e. The molecular formula is C16H16ClN3O2. The van der Waals surface area contributed by atoms with Gasteiger partial charge in [0.25, 0.3) is 0 Å². The minimum atomic E-state index is -0.718. The molecule has 0 bridgehead atoms. The Kier molecular flexibility index (Phi) is 5.01. The van der Waals surface area contributed by atoms with Crippen LogP contribution in [0.1, 0.15) is 24.1 Å². The highest BCUT2D eigenvalue weighted by atomic mass is 35.5. The van der Waals surface area contributed by atoms with Gasteiger partial charge < -0.3 is 16.3 Å². The first kappa shape index (κ1) is 15.9. The number of oxime groups is 1. The van der Waals surface area contributed by atoms with Crippen LogP contribution < -0.4 is 11.1 Å². The average molecular weight is 318 g/mol. The fourth-order valence-corrected chi connectivity index (χ4v) is 2.23. The Bertz CT molecular complexity index is 699. The summed E-state index contributed by atoms with van der Waals surface area (Å²) in [6.07, 6.45) is 0. The first-order valence-corrected chi connectivity index (χ1v) is 7.00. The van der Waals surface area contributed by atoms with E-state index in [-0.39, 0.29) is 0 Å². The normalized spacial score (nSPS) is 12.7. The largest absolute Gasteiger partial charge is 0.411 e. The molecule has 5 nitrogen and oxygen atoms in total. The molecule has 0 saturated heterocycles. The molecular weight excluding hydrogens is 302 g/mol. The third kappa shape index (κ3) is 3.56. The second-order valence-electron chi connectivity index (χ2n) is 4.76. The Morgan fingerprint density at radius 1 is 1.23 bits per heavy atom. The van der Waals surface area contributed by atoms with Crippen LogP contribution >= 0.6 is 11.6 Å². The number of carbonyl (C=O) groups excluding carboxylic acids is 1. The number of halogens is 1. The van der Waals surface area contributed by atoms with Crippen molar-refractivity contribution in [1.82, 2.24) is 0 Å². The van der Waals surface area contributed by atoms with Crippen molar-refractivity contribution in [2.45, 2.75) is 13.0 Å². The minimum absolute atomic E-state index is 0.433. The molecule has 1 unspecified atom stereocenters. The lowest BCUT2D eigenvalue weighted by molar-refractivity contribution is -0.118. The fourth-order valence-electron chi connectivity index (χ4n) is 2.11. The Labute approximate surface area is 133 Å². The first-order valence-electron chi connectivity index (χ1n) is 6.62. The molecule has 1 atom stereocenters. The summed E-state index contributed by atoms with van der Waals surface area (Å²) >= 11 is 5.86. The summed E-state index contributed by atoms with van der Waals surface area (Å²) in [5.74, 6) is -0.518. The fraction of sp³-hybridized carbons (Fsp3) is 0.125. The van der Waals surface area contributed by atoms with Crippen molar-refractivity contribution in [3.05, 3.63) is 64.7 Å². The molecule has 0 heterocycles. The Morgan fingerprint density at radius 3 is 2.45 bits per heavy atom. The number of para-hydroxylation sites is 1. The van der Waals surface area contributed by atoms with Crippen LogP contribution in [0.3, 0.4) is 0 Å². The summed E-state index contributed by atoms with van der Waals surface area (Å²) in [6.45, 7) is 1.67. The predicted octanol–water partition coefficient (Wildman–Crippen LogP) is 3.18. The van der Waals surface area contributed by atoms with E-state index in [1.807, 2.05) is 12.1 Å². The lowest BCUT2D eigenvalue weighted by atomic mass is 10.0. The van der Waals surface area contributed by atoms with Gasteiger partial charge in [0.2, 0.25) is 5.91 Å². The number of nitrogens with two attached hydrogens (primary N) is 1. The molecule has 0 aliphatic rings. The van der Waals surface area contributed by atoms with E-state index in [0.717, 1.165) is 0 Å². The molecule has 2 aromatic carbocycles. The molecule has 0 aliphatic heterocycles. The monoisotopic (exact) mass is 317 g/mol. The van der Waals surface area contributed by atoms with Crippen molar-refractivity contribution in [2.24, 2.45) is 10.9 Å². The number of primary amides is 1. The highest BCUT2D eigenvalue weighted by molar-refractivity contribution is 6.30. The summed E-state index contributed by atoms with van der Waals surface area (Å²) in [4.78, 5) is 11.8. The number of nitrogens with zero attached hydrogens (tertiary/aromatic N) is 1. The van der Waals surface area contributed by atoms with Crippen LogP contribution in [-0.4, -0.2) is 16.8 Å². The van der Waals surface area contributed by atoms with Crippen molar-refractivity contribution >= 4 is 28.9 Å². The molecule has 4 N–H and O–H groups in total. The maximum absolute atomic E-state index is 11.8. The number of hydrogen-bond acceptors (Lipinski definition) is 4. The lowest BCUT2D eigenvalue weighted by Crippen LogP contribution is -2.28. The number of hydrogen-bond donors (Lipinski definition) is 3. The number of amides is 1. The third-order valence-corrected chi connectivity index (χ3v) is 3.51. The van der Waals surface area contributed by atoms with Crippen LogP contribution in [0.5, 0.6) is 0 Å². The molecule has 0 saturated carbocycles. The van der Waals surface area contributed by atoms with E-state index in [1.165, 1.54) is 0 Å². The van der Waals surface area contributed by atoms with Gasteiger partial charge in [-0.3, -0.25) is 4.79 Å². The zero-order valence-electron chi connectivity index (χ0n) is 12.0. The van der Waals surface area contributed by atoms with Gasteiger partial charge in [0.1, 0.15) is 6.04 Å². The summed E-state index contributed by atoms with van der Waals surface area (Å²) in [5, 5.41) is 15.8. The number of rotatable bonds is 5. The zero-order chi connectivity index (χ0) is 16.1. The average Bonchev–Trinajstić information content (AvgIpc) is 2.53. The molecule has 0 aliphatic carbocycles. The summed E-state index contributed by atoms with van der Waals surface area (Å²) in [5.41, 5.74) is 7.97. The van der Waals surface area contributed by atoms with E-state index in [1.54, 1.807) is 43.3 Å². The standard InChI is InChI=1S/C16H16ClN3O2/c1-10(20-22)13-4-2-3-5-14(13)19-15(16(18)21)11-6-8-12(17)9-7-11/h2-9,15,19,22H,1H3,(H2,18,21). The molecule has 1 amide bonds. The third-order valence-electron chi connectivity index (χ3n) is 3.25. The highest BCUT2D eigenvalue weighted by Gasteiger charge is 2.19. The lowest BCUT2D eigenvalue weighted by Gasteiger charge is -2.19. The van der Waals surface area contributed by atoms with Gasteiger partial charge in [-0.2, -0.15) is 0 Å². The van der Waals surface area contributed by atoms with Gasteiger partial charge >= 0.3 is 0 Å². The van der Waals surface area contributed by atoms with E-state index < -0.39 is 11.9 Å². The molecule has 22 heavy (non-hydrogen) atoms. The van der Waals surface area contributed by atoms with Crippen LogP contribution in [-0.2, 0) is 4.79 Å². The van der Waals surface area contributed by atoms with E-state index in [0.29, 0.717) is 27.5 Å². The van der Waals surface area contributed by atoms with Crippen LogP contribution in [0.15, 0.2) is 53.7 Å². The van der Waals surface area contributed by atoms with Gasteiger partial charge in [0.15, 0.2) is 0 Å². The molecule has 6 heteroatoms. The summed E-state index contributed by atoms with van der Waals surface area (Å²) < 4.78 is 0. The smallest absolute Gasteiger partial charge is 0.244 e. The van der Waals surface area contributed by atoms with Crippen molar-refractivity contribution in [1.29, 1.82) is 0 Å². The number of nitrogens with one attached hydrogen (secondary N) is 1. The van der Waals surface area contributed by atoms with Crippen molar-refractivity contribution in [3.8, 4) is 0 Å². The van der Waals surface area contributed by atoms with E-state index >= 15 is 0 Å². The Hall–Kier alpha value is -2.53. The van der Waals surface area contributed by atoms with Gasteiger partial charge in [-0.15, -0.1) is 0 Å². The molecule has 114 valence electrons. The predicted molar refractivity (Wildman–Crippen MR) is 87.4 cm³/mol. The Morgan fingerprint density at radius 2 is 1.86 bits per heavy atom. The molecule has 2 aromatic rings. The van der Waals surface area contributed by atoms with E-state index in [9.17, 15) is 4.79 Å². The number of anilines is 1. The van der Waals surface area contributed by atoms with Crippen LogP contribution in [0.25, 0.3) is 0 Å². The SMILES string of the molecule is CC(=NO)c1ccccc1NC(C(N)=O)c1ccc(Cl)cc1. The minimum Gasteiger partial charge on any atom is -0.411 e. The molecule has 0 radical (unpaired) electrons. The summed E-state index contributed by atoms with van der Waals surface area (Å²) in [6, 6.07) is 13.4. The highest BCUT2D eigenvalue weighted by Crippen LogP contribution is 2.24. The quantitative estimate of drug-likeness (QED) is 0.449. The van der Waals surface area contributed by atoms with Crippen LogP contribution in [0, 0.1) is 0 Å². The van der Waals surface area contributed by atoms with Gasteiger partial charge in [0.05, 0.1) is 5.71 Å². The second-order valence-corrected chi connectivity index (χ2v) is 5.20. The van der Waals surface area contributed by atoms with Crippen molar-refractivity contribution < 1.29 is 10.0 Å². The zero-order valence-corrected chi connectivity index (χ0v) is 12.7. The van der Waals surface area contributed by atoms with Gasteiger partial charge in [-0.25, -0.2) is 0 Å². The Balaban J connectivity index is 2.37. The second kappa shape index (κ2) is 6.95. The van der Waals surface area contributed by atoms with Crippen molar-refractivity contribution in [3.63, 3.8) is 0 Å². The number of carbonyl (C=O) groups is 1. The molecule has 2 rings (SSSR count). The van der Waals surface area contributed by atoms with Crippen LogP contribution in [0.4, 0.5) is 5.69 Å². The van der Waals surface area contributed by atoms with Gasteiger partial charge in [0, 0.05) is 16.3 Å². The maximum atomic E-state index is 11.8. The van der Waals surface area contributed by atoms with Gasteiger partial charge in [-0.05, 0) is 30.7 Å². The van der Waals surface area contributed by atoms with Crippen LogP contribution in [0.2, 0.25) is 5.02 Å². The molecule has 0 spiro atoms. The van der Waals surface area contributed by atoms with Gasteiger partial charge in [-0.1, -0.05) is 47.1 Å². The summed E-state index contributed by atoms with van der Waals surface area (Å²) in [7, 11) is 0. The number of benzene rings is 2. The topological polar surface area (TPSA) is 87.7 Å². The molecule has 0 fully saturated rings. The van der Waals surface area contributed by atoms with E-state index in [4.69, 9.17) is 22.5 Å².